The summed E-state index contributed by atoms with van der Waals surface area (Å²) in [7, 11) is 0. The Hall–Kier alpha value is -1.92. The average molecular weight is 241 g/mol. The molecule has 0 spiro atoms. The summed E-state index contributed by atoms with van der Waals surface area (Å²) < 4.78 is 0. The lowest BCUT2D eigenvalue weighted by molar-refractivity contribution is -0.146. The predicted octanol–water partition coefficient (Wildman–Crippen LogP) is -0.521. The molecule has 0 unspecified atom stereocenters. The summed E-state index contributed by atoms with van der Waals surface area (Å²) in [6.07, 6.45) is 0.486. The summed E-state index contributed by atoms with van der Waals surface area (Å²) in [5.74, 6) is -1.66. The van der Waals surface area contributed by atoms with Crippen LogP contribution in [0.15, 0.2) is 5.10 Å². The van der Waals surface area contributed by atoms with Crippen LogP contribution in [0.1, 0.15) is 26.7 Å². The molecular formula is C10H15N3O4. The second-order valence-electron chi connectivity index (χ2n) is 4.47. The normalized spacial score (nSPS) is 15.9. The van der Waals surface area contributed by atoms with Crippen molar-refractivity contribution in [2.75, 3.05) is 6.54 Å². The highest BCUT2D eigenvalue weighted by Crippen LogP contribution is 2.13. The predicted molar refractivity (Wildman–Crippen MR) is 59.2 cm³/mol. The monoisotopic (exact) mass is 241 g/mol. The molecule has 0 radical (unpaired) electrons. The summed E-state index contributed by atoms with van der Waals surface area (Å²) in [6, 6.07) is 0. The van der Waals surface area contributed by atoms with Crippen LogP contribution >= 0.6 is 0 Å². The van der Waals surface area contributed by atoms with Gasteiger partial charge in [-0.05, 0) is 13.8 Å². The zero-order valence-corrected chi connectivity index (χ0v) is 9.74. The minimum Gasteiger partial charge on any atom is -0.481 e. The van der Waals surface area contributed by atoms with Gasteiger partial charge in [-0.3, -0.25) is 14.4 Å². The van der Waals surface area contributed by atoms with Gasteiger partial charge in [-0.2, -0.15) is 5.10 Å². The molecule has 0 atom stereocenters. The van der Waals surface area contributed by atoms with Gasteiger partial charge < -0.3 is 10.4 Å². The molecule has 0 aromatic carbocycles. The van der Waals surface area contributed by atoms with Crippen molar-refractivity contribution in [2.45, 2.75) is 26.7 Å². The first-order chi connectivity index (χ1) is 7.83. The Morgan fingerprint density at radius 1 is 1.47 bits per heavy atom. The lowest BCUT2D eigenvalue weighted by Gasteiger charge is -2.20. The van der Waals surface area contributed by atoms with E-state index in [0.29, 0.717) is 0 Å². The highest BCUT2D eigenvalue weighted by molar-refractivity contribution is 6.39. The fraction of sp³-hybridized carbons (Fsp3) is 0.600. The van der Waals surface area contributed by atoms with E-state index in [1.54, 1.807) is 0 Å². The second-order valence-corrected chi connectivity index (χ2v) is 4.47. The Balaban J connectivity index is 2.51. The van der Waals surface area contributed by atoms with Crippen LogP contribution in [0.25, 0.3) is 0 Å². The van der Waals surface area contributed by atoms with Gasteiger partial charge in [-0.15, -0.1) is 0 Å². The van der Waals surface area contributed by atoms with Gasteiger partial charge in [0.25, 0.3) is 5.91 Å². The molecule has 3 N–H and O–H groups in total. The Kier molecular flexibility index (Phi) is 3.82. The van der Waals surface area contributed by atoms with E-state index in [1.807, 2.05) is 0 Å². The third-order valence-corrected chi connectivity index (χ3v) is 2.44. The Bertz CT molecular complexity index is 387. The number of hydrogen-bond donors (Lipinski definition) is 3. The molecule has 17 heavy (non-hydrogen) atoms. The standard InChI is InChI=1S/C10H15N3O4/c1-10(2,9(16)17)5-11-8(15)6-3-4-7(14)13-12-6/h3-5H2,1-2H3,(H,11,15)(H,13,14)(H,16,17). The van der Waals surface area contributed by atoms with Crippen LogP contribution in [0.5, 0.6) is 0 Å². The number of hydrogen-bond acceptors (Lipinski definition) is 4. The van der Waals surface area contributed by atoms with Gasteiger partial charge in [-0.1, -0.05) is 0 Å². The van der Waals surface area contributed by atoms with Crippen LogP contribution in [0.4, 0.5) is 0 Å². The smallest absolute Gasteiger partial charge is 0.310 e. The first-order valence-electron chi connectivity index (χ1n) is 5.20. The summed E-state index contributed by atoms with van der Waals surface area (Å²) in [5.41, 5.74) is 1.38. The number of nitrogens with one attached hydrogen (secondary N) is 2. The van der Waals surface area contributed by atoms with E-state index < -0.39 is 17.3 Å². The summed E-state index contributed by atoms with van der Waals surface area (Å²) in [6.45, 7) is 3.04. The fourth-order valence-electron chi connectivity index (χ4n) is 1.12. The number of carbonyl (C=O) groups is 3. The summed E-state index contributed by atoms with van der Waals surface area (Å²) in [5, 5.41) is 15.0. The van der Waals surface area contributed by atoms with Crippen LogP contribution in [-0.2, 0) is 14.4 Å². The highest BCUT2D eigenvalue weighted by atomic mass is 16.4. The molecule has 7 heteroatoms. The SMILES string of the molecule is CC(C)(CNC(=O)C1=NNC(=O)CC1)C(=O)O. The molecule has 1 aliphatic rings. The number of carboxylic acids is 1. The van der Waals surface area contributed by atoms with Gasteiger partial charge in [0, 0.05) is 19.4 Å². The molecular weight excluding hydrogens is 226 g/mol. The fourth-order valence-corrected chi connectivity index (χ4v) is 1.12. The maximum absolute atomic E-state index is 11.6. The zero-order valence-electron chi connectivity index (χ0n) is 9.74. The maximum atomic E-state index is 11.6. The third kappa shape index (κ3) is 3.54. The molecule has 0 saturated heterocycles. The zero-order chi connectivity index (χ0) is 13.1. The van der Waals surface area contributed by atoms with Crippen molar-refractivity contribution in [3.63, 3.8) is 0 Å². The quantitative estimate of drug-likeness (QED) is 0.615. The number of rotatable bonds is 4. The highest BCUT2D eigenvalue weighted by Gasteiger charge is 2.28. The van der Waals surface area contributed by atoms with E-state index in [1.165, 1.54) is 13.8 Å². The number of carbonyl (C=O) groups excluding carboxylic acids is 2. The van der Waals surface area contributed by atoms with Gasteiger partial charge >= 0.3 is 5.97 Å². The van der Waals surface area contributed by atoms with E-state index in [2.05, 4.69) is 15.8 Å². The van der Waals surface area contributed by atoms with E-state index in [4.69, 9.17) is 5.11 Å². The van der Waals surface area contributed by atoms with Gasteiger partial charge in [0.1, 0.15) is 5.71 Å². The molecule has 0 bridgehead atoms. The molecule has 0 saturated carbocycles. The van der Waals surface area contributed by atoms with E-state index in [0.717, 1.165) is 0 Å². The van der Waals surface area contributed by atoms with Gasteiger partial charge in [-0.25, -0.2) is 5.43 Å². The maximum Gasteiger partial charge on any atom is 0.310 e. The molecule has 1 heterocycles. The molecule has 0 aromatic heterocycles. The van der Waals surface area contributed by atoms with Crippen molar-refractivity contribution in [3.05, 3.63) is 0 Å². The van der Waals surface area contributed by atoms with Crippen LogP contribution in [0, 0.1) is 5.41 Å². The molecule has 2 amide bonds. The topological polar surface area (TPSA) is 108 Å². The van der Waals surface area contributed by atoms with Crippen molar-refractivity contribution in [1.82, 2.24) is 10.7 Å². The minimum atomic E-state index is -1.03. The largest absolute Gasteiger partial charge is 0.481 e. The molecule has 1 rings (SSSR count). The van der Waals surface area contributed by atoms with E-state index >= 15 is 0 Å². The molecule has 1 aliphatic heterocycles. The van der Waals surface area contributed by atoms with Crippen molar-refractivity contribution in [1.29, 1.82) is 0 Å². The second kappa shape index (κ2) is 4.94. The number of amides is 2. The van der Waals surface area contributed by atoms with Crippen molar-refractivity contribution in [2.24, 2.45) is 10.5 Å². The first-order valence-corrected chi connectivity index (χ1v) is 5.20. The Morgan fingerprint density at radius 2 is 2.12 bits per heavy atom. The van der Waals surface area contributed by atoms with Crippen LogP contribution in [-0.4, -0.2) is 35.1 Å². The molecule has 0 fully saturated rings. The summed E-state index contributed by atoms with van der Waals surface area (Å²) in [4.78, 5) is 33.2. The molecule has 94 valence electrons. The van der Waals surface area contributed by atoms with Crippen LogP contribution in [0.2, 0.25) is 0 Å². The van der Waals surface area contributed by atoms with Gasteiger partial charge in [0.15, 0.2) is 0 Å². The van der Waals surface area contributed by atoms with Crippen molar-refractivity contribution >= 4 is 23.5 Å². The van der Waals surface area contributed by atoms with Crippen molar-refractivity contribution in [3.8, 4) is 0 Å². The summed E-state index contributed by atoms with van der Waals surface area (Å²) >= 11 is 0. The van der Waals surface area contributed by atoms with Crippen molar-refractivity contribution < 1.29 is 19.5 Å². The minimum absolute atomic E-state index is 0.00807. The van der Waals surface area contributed by atoms with E-state index in [-0.39, 0.29) is 31.0 Å². The average Bonchev–Trinajstić information content (AvgIpc) is 2.27. The Labute approximate surface area is 98.3 Å². The van der Waals surface area contributed by atoms with Crippen LogP contribution < -0.4 is 10.7 Å². The number of carboxylic acid groups (broad SMARTS) is 1. The Morgan fingerprint density at radius 3 is 2.59 bits per heavy atom. The number of nitrogens with zero attached hydrogens (tertiary/aromatic N) is 1. The van der Waals surface area contributed by atoms with E-state index in [9.17, 15) is 14.4 Å². The number of hydrazone groups is 1. The molecule has 7 nitrogen and oxygen atoms in total. The first kappa shape index (κ1) is 13.1. The lowest BCUT2D eigenvalue weighted by atomic mass is 9.94. The number of aliphatic carboxylic acids is 1. The molecule has 0 aliphatic carbocycles. The van der Waals surface area contributed by atoms with Crippen LogP contribution in [0.3, 0.4) is 0 Å². The lowest BCUT2D eigenvalue weighted by Crippen LogP contribution is -2.43. The molecule has 0 aromatic rings. The third-order valence-electron chi connectivity index (χ3n) is 2.44. The van der Waals surface area contributed by atoms with Gasteiger partial charge in [0.05, 0.1) is 5.41 Å². The van der Waals surface area contributed by atoms with Gasteiger partial charge in [0.2, 0.25) is 5.91 Å².